The third kappa shape index (κ3) is 2.82. The number of aliphatic hydroxyl groups excluding tert-OH is 2. The van der Waals surface area contributed by atoms with Gasteiger partial charge in [0.15, 0.2) is 0 Å². The normalized spacial score (nSPS) is 18.0. The SMILES string of the molecule is CC(C)C(C)C(O)CO. The molecule has 0 amide bonds. The van der Waals surface area contributed by atoms with Gasteiger partial charge >= 0.3 is 0 Å². The predicted octanol–water partition coefficient (Wildman–Crippen LogP) is 0.632. The first-order valence-corrected chi connectivity index (χ1v) is 3.38. The summed E-state index contributed by atoms with van der Waals surface area (Å²) in [7, 11) is 0. The van der Waals surface area contributed by atoms with Gasteiger partial charge in [-0.25, -0.2) is 0 Å². The molecular weight excluding hydrogens is 116 g/mol. The topological polar surface area (TPSA) is 40.5 Å². The second-order valence-corrected chi connectivity index (χ2v) is 2.85. The van der Waals surface area contributed by atoms with E-state index in [9.17, 15) is 0 Å². The van der Waals surface area contributed by atoms with E-state index in [1.807, 2.05) is 20.8 Å². The molecule has 0 fully saturated rings. The molecule has 0 aliphatic heterocycles. The maximum absolute atomic E-state index is 9.05. The molecule has 0 bridgehead atoms. The molecule has 0 spiro atoms. The van der Waals surface area contributed by atoms with Crippen LogP contribution in [0.3, 0.4) is 0 Å². The molecule has 2 heteroatoms. The van der Waals surface area contributed by atoms with E-state index in [1.54, 1.807) is 0 Å². The summed E-state index contributed by atoms with van der Waals surface area (Å²) in [5.41, 5.74) is 0. The first kappa shape index (κ1) is 8.92. The molecule has 0 saturated carbocycles. The Kier molecular flexibility index (Phi) is 3.82. The zero-order chi connectivity index (χ0) is 7.44. The third-order valence-electron chi connectivity index (χ3n) is 1.85. The minimum absolute atomic E-state index is 0.126. The fourth-order valence-electron chi connectivity index (χ4n) is 0.611. The van der Waals surface area contributed by atoms with Crippen LogP contribution in [0.4, 0.5) is 0 Å². The molecule has 0 aliphatic rings. The van der Waals surface area contributed by atoms with E-state index in [0.717, 1.165) is 0 Å². The Labute approximate surface area is 56.5 Å². The van der Waals surface area contributed by atoms with Crippen LogP contribution in [0.5, 0.6) is 0 Å². The number of aliphatic hydroxyl groups is 2. The minimum atomic E-state index is -0.551. The zero-order valence-electron chi connectivity index (χ0n) is 6.33. The highest BCUT2D eigenvalue weighted by atomic mass is 16.3. The molecule has 2 N–H and O–H groups in total. The fourth-order valence-corrected chi connectivity index (χ4v) is 0.611. The highest BCUT2D eigenvalue weighted by Crippen LogP contribution is 2.13. The summed E-state index contributed by atoms with van der Waals surface area (Å²) in [6.07, 6.45) is -0.551. The molecule has 2 atom stereocenters. The van der Waals surface area contributed by atoms with E-state index < -0.39 is 6.10 Å². The summed E-state index contributed by atoms with van der Waals surface area (Å²) in [4.78, 5) is 0. The van der Waals surface area contributed by atoms with Gasteiger partial charge in [-0.05, 0) is 11.8 Å². The van der Waals surface area contributed by atoms with Crippen molar-refractivity contribution in [3.63, 3.8) is 0 Å². The average Bonchev–Trinajstić information content (AvgIpc) is 1.84. The summed E-state index contributed by atoms with van der Waals surface area (Å²) < 4.78 is 0. The van der Waals surface area contributed by atoms with Crippen molar-refractivity contribution in [1.82, 2.24) is 0 Å². The van der Waals surface area contributed by atoms with Crippen LogP contribution in [0, 0.1) is 11.8 Å². The second kappa shape index (κ2) is 3.85. The van der Waals surface area contributed by atoms with Crippen molar-refractivity contribution in [1.29, 1.82) is 0 Å². The molecule has 0 aromatic carbocycles. The Morgan fingerprint density at radius 2 is 1.67 bits per heavy atom. The van der Waals surface area contributed by atoms with Crippen LogP contribution in [0.1, 0.15) is 20.8 Å². The van der Waals surface area contributed by atoms with E-state index in [2.05, 4.69) is 0 Å². The Bertz CT molecular complexity index is 71.3. The van der Waals surface area contributed by atoms with Gasteiger partial charge in [-0.15, -0.1) is 0 Å². The fraction of sp³-hybridized carbons (Fsp3) is 1.00. The van der Waals surface area contributed by atoms with Crippen molar-refractivity contribution in [3.8, 4) is 0 Å². The largest absolute Gasteiger partial charge is 0.394 e. The molecule has 56 valence electrons. The van der Waals surface area contributed by atoms with Gasteiger partial charge in [-0.3, -0.25) is 0 Å². The lowest BCUT2D eigenvalue weighted by molar-refractivity contribution is 0.0368. The van der Waals surface area contributed by atoms with Crippen LogP contribution < -0.4 is 0 Å². The quantitative estimate of drug-likeness (QED) is 0.591. The second-order valence-electron chi connectivity index (χ2n) is 2.85. The van der Waals surface area contributed by atoms with Crippen molar-refractivity contribution >= 4 is 0 Å². The maximum atomic E-state index is 9.05. The molecule has 9 heavy (non-hydrogen) atoms. The van der Waals surface area contributed by atoms with Gasteiger partial charge in [-0.1, -0.05) is 20.8 Å². The highest BCUT2D eigenvalue weighted by molar-refractivity contribution is 4.65. The summed E-state index contributed by atoms with van der Waals surface area (Å²) in [6, 6.07) is 0. The van der Waals surface area contributed by atoms with Crippen molar-refractivity contribution in [3.05, 3.63) is 0 Å². The molecule has 0 radical (unpaired) electrons. The zero-order valence-corrected chi connectivity index (χ0v) is 6.33. The van der Waals surface area contributed by atoms with Gasteiger partial charge in [0.05, 0.1) is 12.7 Å². The van der Waals surface area contributed by atoms with Gasteiger partial charge in [-0.2, -0.15) is 0 Å². The van der Waals surface area contributed by atoms with Gasteiger partial charge in [0.1, 0.15) is 0 Å². The molecule has 2 nitrogen and oxygen atoms in total. The summed E-state index contributed by atoms with van der Waals surface area (Å²) in [5, 5.41) is 17.6. The number of hydrogen-bond donors (Lipinski definition) is 2. The molecule has 0 rings (SSSR count). The van der Waals surface area contributed by atoms with Gasteiger partial charge in [0, 0.05) is 0 Å². The van der Waals surface area contributed by atoms with E-state index >= 15 is 0 Å². The Hall–Kier alpha value is -0.0800. The molecule has 0 aromatic rings. The van der Waals surface area contributed by atoms with Crippen LogP contribution in [-0.4, -0.2) is 22.9 Å². The third-order valence-corrected chi connectivity index (χ3v) is 1.85. The van der Waals surface area contributed by atoms with Crippen molar-refractivity contribution < 1.29 is 10.2 Å². The van der Waals surface area contributed by atoms with Gasteiger partial charge < -0.3 is 10.2 Å². The Morgan fingerprint density at radius 3 is 1.78 bits per heavy atom. The van der Waals surface area contributed by atoms with Crippen molar-refractivity contribution in [2.45, 2.75) is 26.9 Å². The van der Waals surface area contributed by atoms with Gasteiger partial charge in [0.2, 0.25) is 0 Å². The molecular formula is C7H16O2. The lowest BCUT2D eigenvalue weighted by Crippen LogP contribution is -2.25. The average molecular weight is 132 g/mol. The minimum Gasteiger partial charge on any atom is -0.394 e. The van der Waals surface area contributed by atoms with Crippen LogP contribution in [-0.2, 0) is 0 Å². The van der Waals surface area contributed by atoms with E-state index in [1.165, 1.54) is 0 Å². The smallest absolute Gasteiger partial charge is 0.0798 e. The Morgan fingerprint density at radius 1 is 1.22 bits per heavy atom. The monoisotopic (exact) mass is 132 g/mol. The van der Waals surface area contributed by atoms with Crippen LogP contribution in [0.15, 0.2) is 0 Å². The Balaban J connectivity index is 3.58. The van der Waals surface area contributed by atoms with Crippen LogP contribution in [0.2, 0.25) is 0 Å². The summed E-state index contributed by atoms with van der Waals surface area (Å²) in [5.74, 6) is 0.627. The first-order chi connectivity index (χ1) is 4.09. The summed E-state index contributed by atoms with van der Waals surface area (Å²) in [6.45, 7) is 5.87. The molecule has 0 heterocycles. The van der Waals surface area contributed by atoms with E-state index in [-0.39, 0.29) is 12.5 Å². The lowest BCUT2D eigenvalue weighted by Gasteiger charge is -2.19. The van der Waals surface area contributed by atoms with Crippen LogP contribution >= 0.6 is 0 Å². The van der Waals surface area contributed by atoms with Crippen LogP contribution in [0.25, 0.3) is 0 Å². The van der Waals surface area contributed by atoms with E-state index in [0.29, 0.717) is 5.92 Å². The maximum Gasteiger partial charge on any atom is 0.0798 e. The predicted molar refractivity (Wildman–Crippen MR) is 37.1 cm³/mol. The molecule has 2 unspecified atom stereocenters. The summed E-state index contributed by atoms with van der Waals surface area (Å²) >= 11 is 0. The van der Waals surface area contributed by atoms with E-state index in [4.69, 9.17) is 10.2 Å². The number of hydrogen-bond acceptors (Lipinski definition) is 2. The van der Waals surface area contributed by atoms with Gasteiger partial charge in [0.25, 0.3) is 0 Å². The lowest BCUT2D eigenvalue weighted by atomic mass is 9.93. The molecule has 0 aromatic heterocycles. The van der Waals surface area contributed by atoms with Crippen molar-refractivity contribution in [2.24, 2.45) is 11.8 Å². The molecule has 0 aliphatic carbocycles. The molecule has 0 saturated heterocycles. The van der Waals surface area contributed by atoms with Crippen molar-refractivity contribution in [2.75, 3.05) is 6.61 Å². The first-order valence-electron chi connectivity index (χ1n) is 3.38. The standard InChI is InChI=1S/C7H16O2/c1-5(2)6(3)7(9)4-8/h5-9H,4H2,1-3H3. The highest BCUT2D eigenvalue weighted by Gasteiger charge is 2.15. The number of rotatable bonds is 3.